The highest BCUT2D eigenvalue weighted by molar-refractivity contribution is 5.79. The molecule has 1 fully saturated rings. The lowest BCUT2D eigenvalue weighted by Gasteiger charge is -2.25. The van der Waals surface area contributed by atoms with E-state index in [0.29, 0.717) is 12.2 Å². The summed E-state index contributed by atoms with van der Waals surface area (Å²) in [6.07, 6.45) is 3.16. The van der Waals surface area contributed by atoms with Crippen molar-refractivity contribution < 1.29 is 9.18 Å². The molecule has 4 nitrogen and oxygen atoms in total. The van der Waals surface area contributed by atoms with Crippen LogP contribution in [0.25, 0.3) is 0 Å². The molecule has 26 heavy (non-hydrogen) atoms. The standard InChI is InChI=1S/C21H26FN3O/c1-15-3-6-17(20(23)24-15)9-10-21(2)11-12-25(14-21)19(26)13-16-4-7-18(22)8-5-16/h3-8H,9-14H2,1-2H3,(H2,23,24)/t21-/m1/s1. The number of anilines is 1. The van der Waals surface area contributed by atoms with E-state index in [2.05, 4.69) is 11.9 Å². The normalized spacial score (nSPS) is 19.7. The Bertz CT molecular complexity index is 790. The Morgan fingerprint density at radius 1 is 1.27 bits per heavy atom. The molecular formula is C21H26FN3O. The maximum absolute atomic E-state index is 13.0. The van der Waals surface area contributed by atoms with Crippen LogP contribution in [-0.4, -0.2) is 28.9 Å². The van der Waals surface area contributed by atoms with Gasteiger partial charge in [-0.1, -0.05) is 25.1 Å². The molecule has 1 atom stereocenters. The Hall–Kier alpha value is -2.43. The third kappa shape index (κ3) is 4.40. The van der Waals surface area contributed by atoms with Gasteiger partial charge in [0.05, 0.1) is 6.42 Å². The zero-order valence-electron chi connectivity index (χ0n) is 15.5. The fourth-order valence-corrected chi connectivity index (χ4v) is 3.58. The summed E-state index contributed by atoms with van der Waals surface area (Å²) in [5.41, 5.74) is 8.97. The van der Waals surface area contributed by atoms with E-state index < -0.39 is 0 Å². The highest BCUT2D eigenvalue weighted by Crippen LogP contribution is 2.35. The molecular weight excluding hydrogens is 329 g/mol. The molecule has 2 heterocycles. The molecule has 2 N–H and O–H groups in total. The van der Waals surface area contributed by atoms with Crippen LogP contribution in [0.4, 0.5) is 10.2 Å². The van der Waals surface area contributed by atoms with E-state index in [0.717, 1.165) is 49.2 Å². The Balaban J connectivity index is 1.56. The fraction of sp³-hybridized carbons (Fsp3) is 0.429. The Morgan fingerprint density at radius 2 is 2.00 bits per heavy atom. The summed E-state index contributed by atoms with van der Waals surface area (Å²) < 4.78 is 13.0. The summed E-state index contributed by atoms with van der Waals surface area (Å²) in [6, 6.07) is 10.2. The first-order chi connectivity index (χ1) is 12.3. The van der Waals surface area contributed by atoms with E-state index in [4.69, 9.17) is 5.73 Å². The molecule has 0 unspecified atom stereocenters. The number of carbonyl (C=O) groups is 1. The van der Waals surface area contributed by atoms with Gasteiger partial charge in [0.1, 0.15) is 11.6 Å². The minimum absolute atomic E-state index is 0.0930. The number of hydrogen-bond donors (Lipinski definition) is 1. The van der Waals surface area contributed by atoms with E-state index in [1.54, 1.807) is 12.1 Å². The first-order valence-corrected chi connectivity index (χ1v) is 9.09. The number of hydrogen-bond acceptors (Lipinski definition) is 3. The number of aryl methyl sites for hydroxylation is 2. The molecule has 0 bridgehead atoms. The molecule has 0 radical (unpaired) electrons. The van der Waals surface area contributed by atoms with Gasteiger partial charge in [-0.25, -0.2) is 9.37 Å². The minimum atomic E-state index is -0.278. The molecule has 1 aliphatic rings. The van der Waals surface area contributed by atoms with Gasteiger partial charge in [0.15, 0.2) is 0 Å². The number of nitrogens with two attached hydrogens (primary N) is 1. The second kappa shape index (κ2) is 7.44. The summed E-state index contributed by atoms with van der Waals surface area (Å²) in [7, 11) is 0. The molecule has 0 saturated carbocycles. The Kier molecular flexibility index (Phi) is 5.25. The van der Waals surface area contributed by atoms with Crippen LogP contribution in [0, 0.1) is 18.2 Å². The van der Waals surface area contributed by atoms with E-state index in [1.807, 2.05) is 24.0 Å². The summed E-state index contributed by atoms with van der Waals surface area (Å²) in [5.74, 6) is 0.438. The Morgan fingerprint density at radius 3 is 2.69 bits per heavy atom. The molecule has 1 saturated heterocycles. The molecule has 1 aliphatic heterocycles. The van der Waals surface area contributed by atoms with Gasteiger partial charge >= 0.3 is 0 Å². The van der Waals surface area contributed by atoms with Crippen LogP contribution in [0.5, 0.6) is 0 Å². The molecule has 1 amide bonds. The maximum atomic E-state index is 13.0. The number of aromatic nitrogens is 1. The van der Waals surface area contributed by atoms with Crippen LogP contribution in [0.2, 0.25) is 0 Å². The average molecular weight is 355 g/mol. The van der Waals surface area contributed by atoms with Gasteiger partial charge in [-0.3, -0.25) is 4.79 Å². The van der Waals surface area contributed by atoms with Gasteiger partial charge in [-0.2, -0.15) is 0 Å². The molecule has 2 aromatic rings. The summed E-state index contributed by atoms with van der Waals surface area (Å²) >= 11 is 0. The van der Waals surface area contributed by atoms with Crippen molar-refractivity contribution in [1.82, 2.24) is 9.88 Å². The topological polar surface area (TPSA) is 59.2 Å². The number of nitrogens with zero attached hydrogens (tertiary/aromatic N) is 2. The first-order valence-electron chi connectivity index (χ1n) is 9.09. The largest absolute Gasteiger partial charge is 0.383 e. The number of amides is 1. The number of benzene rings is 1. The zero-order valence-corrected chi connectivity index (χ0v) is 15.5. The molecule has 1 aromatic carbocycles. The molecule has 138 valence electrons. The van der Waals surface area contributed by atoms with Crippen LogP contribution in [0.1, 0.15) is 36.6 Å². The third-order valence-electron chi connectivity index (χ3n) is 5.33. The number of rotatable bonds is 5. The molecule has 0 spiro atoms. The predicted octanol–water partition coefficient (Wildman–Crippen LogP) is 3.53. The summed E-state index contributed by atoms with van der Waals surface area (Å²) in [5, 5.41) is 0. The Labute approximate surface area is 154 Å². The van der Waals surface area contributed by atoms with Crippen LogP contribution in [-0.2, 0) is 17.6 Å². The second-order valence-corrected chi connectivity index (χ2v) is 7.68. The summed E-state index contributed by atoms with van der Waals surface area (Å²) in [6.45, 7) is 5.70. The number of carbonyl (C=O) groups excluding carboxylic acids is 1. The molecule has 5 heteroatoms. The highest BCUT2D eigenvalue weighted by atomic mass is 19.1. The van der Waals surface area contributed by atoms with Crippen molar-refractivity contribution in [2.45, 2.75) is 39.5 Å². The lowest BCUT2D eigenvalue weighted by molar-refractivity contribution is -0.129. The van der Waals surface area contributed by atoms with Gasteiger partial charge in [-0.05, 0) is 60.9 Å². The average Bonchev–Trinajstić information content (AvgIpc) is 2.99. The van der Waals surface area contributed by atoms with Crippen molar-refractivity contribution in [3.63, 3.8) is 0 Å². The predicted molar refractivity (Wildman–Crippen MR) is 101 cm³/mol. The van der Waals surface area contributed by atoms with Crippen molar-refractivity contribution in [3.8, 4) is 0 Å². The van der Waals surface area contributed by atoms with Crippen molar-refractivity contribution >= 4 is 11.7 Å². The van der Waals surface area contributed by atoms with E-state index >= 15 is 0 Å². The minimum Gasteiger partial charge on any atom is -0.383 e. The fourth-order valence-electron chi connectivity index (χ4n) is 3.58. The van der Waals surface area contributed by atoms with Crippen molar-refractivity contribution in [2.75, 3.05) is 18.8 Å². The quantitative estimate of drug-likeness (QED) is 0.893. The maximum Gasteiger partial charge on any atom is 0.227 e. The van der Waals surface area contributed by atoms with Gasteiger partial charge in [0, 0.05) is 18.8 Å². The highest BCUT2D eigenvalue weighted by Gasteiger charge is 2.35. The number of pyridine rings is 1. The van der Waals surface area contributed by atoms with Crippen LogP contribution in [0.3, 0.4) is 0 Å². The van der Waals surface area contributed by atoms with E-state index in [9.17, 15) is 9.18 Å². The number of likely N-dealkylation sites (tertiary alicyclic amines) is 1. The second-order valence-electron chi connectivity index (χ2n) is 7.68. The monoisotopic (exact) mass is 355 g/mol. The lowest BCUT2D eigenvalue weighted by atomic mass is 9.83. The SMILES string of the molecule is Cc1ccc(CC[C@]2(C)CCN(C(=O)Cc3ccc(F)cc3)C2)c(N)n1. The van der Waals surface area contributed by atoms with E-state index in [1.165, 1.54) is 12.1 Å². The van der Waals surface area contributed by atoms with Gasteiger partial charge in [0.2, 0.25) is 5.91 Å². The van der Waals surface area contributed by atoms with Gasteiger partial charge in [0.25, 0.3) is 0 Å². The molecule has 3 rings (SSSR count). The zero-order chi connectivity index (χ0) is 18.7. The van der Waals surface area contributed by atoms with Crippen molar-refractivity contribution in [1.29, 1.82) is 0 Å². The van der Waals surface area contributed by atoms with Crippen LogP contribution in [0.15, 0.2) is 36.4 Å². The smallest absolute Gasteiger partial charge is 0.227 e. The number of halogens is 1. The van der Waals surface area contributed by atoms with E-state index in [-0.39, 0.29) is 17.1 Å². The van der Waals surface area contributed by atoms with Crippen LogP contribution < -0.4 is 5.73 Å². The number of nitrogen functional groups attached to an aromatic ring is 1. The van der Waals surface area contributed by atoms with Gasteiger partial charge < -0.3 is 10.6 Å². The van der Waals surface area contributed by atoms with Crippen molar-refractivity contribution in [2.24, 2.45) is 5.41 Å². The summed E-state index contributed by atoms with van der Waals surface area (Å²) in [4.78, 5) is 18.8. The third-order valence-corrected chi connectivity index (χ3v) is 5.33. The molecule has 1 aromatic heterocycles. The van der Waals surface area contributed by atoms with Gasteiger partial charge in [-0.15, -0.1) is 0 Å². The molecule has 0 aliphatic carbocycles. The lowest BCUT2D eigenvalue weighted by Crippen LogP contribution is -2.32. The van der Waals surface area contributed by atoms with Crippen molar-refractivity contribution in [3.05, 3.63) is 59.0 Å². The van der Waals surface area contributed by atoms with Crippen LogP contribution >= 0.6 is 0 Å². The first kappa shape index (κ1) is 18.4.